The molecule has 0 amide bonds. The predicted molar refractivity (Wildman–Crippen MR) is 45.6 cm³/mol. The van der Waals surface area contributed by atoms with Crippen molar-refractivity contribution in [1.29, 1.82) is 0 Å². The van der Waals surface area contributed by atoms with E-state index in [1.165, 1.54) is 25.8 Å². The maximum atomic E-state index is 5.66. The molecule has 0 aromatic carbocycles. The van der Waals surface area contributed by atoms with Gasteiger partial charge in [-0.05, 0) is 26.3 Å². The van der Waals surface area contributed by atoms with Gasteiger partial charge in [0.05, 0.1) is 0 Å². The van der Waals surface area contributed by atoms with Gasteiger partial charge < -0.3 is 0 Å². The van der Waals surface area contributed by atoms with E-state index in [1.807, 2.05) is 0 Å². The highest BCUT2D eigenvalue weighted by Crippen LogP contribution is 2.15. The molecule has 0 unspecified atom stereocenters. The van der Waals surface area contributed by atoms with Crippen molar-refractivity contribution < 1.29 is 0 Å². The molecule has 1 atom stereocenters. The van der Waals surface area contributed by atoms with Crippen molar-refractivity contribution in [2.75, 3.05) is 19.0 Å². The van der Waals surface area contributed by atoms with Gasteiger partial charge in [-0.3, -0.25) is 4.90 Å². The molecular formula is C8H16ClN. The molecule has 1 rings (SSSR count). The lowest BCUT2D eigenvalue weighted by Crippen LogP contribution is -2.38. The summed E-state index contributed by atoms with van der Waals surface area (Å²) < 4.78 is 0. The zero-order chi connectivity index (χ0) is 7.40. The molecule has 0 radical (unpaired) electrons. The molecule has 1 aliphatic heterocycles. The van der Waals surface area contributed by atoms with Crippen LogP contribution in [0.25, 0.3) is 0 Å². The molecule has 1 saturated heterocycles. The smallest absolute Gasteiger partial charge is 0.0351 e. The number of hydrogen-bond acceptors (Lipinski definition) is 1. The van der Waals surface area contributed by atoms with E-state index in [0.29, 0.717) is 0 Å². The Bertz CT molecular complexity index is 93.3. The summed E-state index contributed by atoms with van der Waals surface area (Å²) >= 11 is 5.66. The first-order chi connectivity index (χ1) is 4.84. The second-order valence-corrected chi connectivity index (χ2v) is 3.45. The first-order valence-corrected chi connectivity index (χ1v) is 4.68. The van der Waals surface area contributed by atoms with E-state index in [9.17, 15) is 0 Å². The van der Waals surface area contributed by atoms with Gasteiger partial charge in [-0.15, -0.1) is 11.6 Å². The van der Waals surface area contributed by atoms with E-state index in [2.05, 4.69) is 11.8 Å². The molecule has 0 aromatic heterocycles. The fourth-order valence-corrected chi connectivity index (χ4v) is 1.82. The van der Waals surface area contributed by atoms with Crippen LogP contribution in [0.5, 0.6) is 0 Å². The molecule has 1 aliphatic rings. The average molecular weight is 162 g/mol. The molecule has 1 nitrogen and oxygen atoms in total. The van der Waals surface area contributed by atoms with Crippen LogP contribution in [-0.4, -0.2) is 29.9 Å². The molecule has 1 fully saturated rings. The van der Waals surface area contributed by atoms with Crippen LogP contribution >= 0.6 is 11.6 Å². The van der Waals surface area contributed by atoms with E-state index in [-0.39, 0.29) is 0 Å². The molecule has 0 aliphatic carbocycles. The number of rotatable bonds is 2. The summed E-state index contributed by atoms with van der Waals surface area (Å²) in [5.41, 5.74) is 0. The number of piperidine rings is 1. The van der Waals surface area contributed by atoms with Crippen molar-refractivity contribution >= 4 is 11.6 Å². The van der Waals surface area contributed by atoms with Gasteiger partial charge in [-0.2, -0.15) is 0 Å². The third-order valence-electron chi connectivity index (χ3n) is 2.31. The summed E-state index contributed by atoms with van der Waals surface area (Å²) in [7, 11) is 0. The van der Waals surface area contributed by atoms with E-state index < -0.39 is 0 Å². The Labute approximate surface area is 68.4 Å². The van der Waals surface area contributed by atoms with Gasteiger partial charge in [0.2, 0.25) is 0 Å². The Morgan fingerprint density at radius 1 is 1.50 bits per heavy atom. The van der Waals surface area contributed by atoms with Crippen LogP contribution in [0.1, 0.15) is 26.2 Å². The van der Waals surface area contributed by atoms with Gasteiger partial charge >= 0.3 is 0 Å². The minimum atomic E-state index is 0.771. The van der Waals surface area contributed by atoms with Crippen molar-refractivity contribution in [2.24, 2.45) is 0 Å². The Kier molecular flexibility index (Phi) is 3.50. The van der Waals surface area contributed by atoms with Gasteiger partial charge in [0.1, 0.15) is 0 Å². The van der Waals surface area contributed by atoms with Gasteiger partial charge in [-0.25, -0.2) is 0 Å². The molecule has 10 heavy (non-hydrogen) atoms. The van der Waals surface area contributed by atoms with Crippen LogP contribution in [0.4, 0.5) is 0 Å². The van der Waals surface area contributed by atoms with Crippen molar-refractivity contribution in [3.63, 3.8) is 0 Å². The van der Waals surface area contributed by atoms with Crippen LogP contribution in [0.15, 0.2) is 0 Å². The second-order valence-electron chi connectivity index (χ2n) is 3.07. The van der Waals surface area contributed by atoms with Gasteiger partial charge in [0, 0.05) is 18.5 Å². The standard InChI is InChI=1S/C8H16ClN/c1-8-4-2-3-6-10(8)7-5-9/h8H,2-7H2,1H3/t8-/m0/s1. The quantitative estimate of drug-likeness (QED) is 0.561. The molecular weight excluding hydrogens is 146 g/mol. The van der Waals surface area contributed by atoms with Gasteiger partial charge in [0.25, 0.3) is 0 Å². The molecule has 2 heteroatoms. The minimum Gasteiger partial charge on any atom is -0.299 e. The van der Waals surface area contributed by atoms with Crippen LogP contribution in [-0.2, 0) is 0 Å². The van der Waals surface area contributed by atoms with Crippen LogP contribution in [0, 0.1) is 0 Å². The van der Waals surface area contributed by atoms with E-state index in [1.54, 1.807) is 0 Å². The largest absolute Gasteiger partial charge is 0.299 e. The van der Waals surface area contributed by atoms with Crippen molar-refractivity contribution in [3.8, 4) is 0 Å². The maximum absolute atomic E-state index is 5.66. The van der Waals surface area contributed by atoms with Gasteiger partial charge in [-0.1, -0.05) is 6.42 Å². The number of halogens is 1. The Morgan fingerprint density at radius 3 is 2.90 bits per heavy atom. The Morgan fingerprint density at radius 2 is 2.30 bits per heavy atom. The molecule has 0 N–H and O–H groups in total. The molecule has 0 saturated carbocycles. The molecule has 0 aromatic rings. The SMILES string of the molecule is C[C@H]1CCCCN1CCCl. The zero-order valence-electron chi connectivity index (χ0n) is 6.65. The molecule has 0 bridgehead atoms. The highest BCUT2D eigenvalue weighted by molar-refractivity contribution is 6.18. The molecule has 0 spiro atoms. The number of alkyl halides is 1. The minimum absolute atomic E-state index is 0.771. The van der Waals surface area contributed by atoms with Crippen molar-refractivity contribution in [3.05, 3.63) is 0 Å². The van der Waals surface area contributed by atoms with Crippen molar-refractivity contribution in [1.82, 2.24) is 4.90 Å². The average Bonchev–Trinajstić information content (AvgIpc) is 1.94. The molecule has 1 heterocycles. The topological polar surface area (TPSA) is 3.24 Å². The summed E-state index contributed by atoms with van der Waals surface area (Å²) in [4.78, 5) is 2.48. The fourth-order valence-electron chi connectivity index (χ4n) is 1.60. The molecule has 60 valence electrons. The summed E-state index contributed by atoms with van der Waals surface area (Å²) in [5.74, 6) is 0.782. The number of nitrogens with zero attached hydrogens (tertiary/aromatic N) is 1. The Balaban J connectivity index is 2.25. The first kappa shape index (κ1) is 8.35. The van der Waals surface area contributed by atoms with E-state index >= 15 is 0 Å². The van der Waals surface area contributed by atoms with Gasteiger partial charge in [0.15, 0.2) is 0 Å². The zero-order valence-corrected chi connectivity index (χ0v) is 7.40. The normalized spacial score (nSPS) is 28.8. The Hall–Kier alpha value is 0.250. The number of likely N-dealkylation sites (tertiary alicyclic amines) is 1. The summed E-state index contributed by atoms with van der Waals surface area (Å²) in [6.07, 6.45) is 4.12. The predicted octanol–water partition coefficient (Wildman–Crippen LogP) is 2.10. The maximum Gasteiger partial charge on any atom is 0.0351 e. The second kappa shape index (κ2) is 4.20. The summed E-state index contributed by atoms with van der Waals surface area (Å²) in [6.45, 7) is 4.63. The van der Waals surface area contributed by atoms with Crippen LogP contribution in [0.2, 0.25) is 0 Å². The summed E-state index contributed by atoms with van der Waals surface area (Å²) in [5, 5.41) is 0. The monoisotopic (exact) mass is 161 g/mol. The third-order valence-corrected chi connectivity index (χ3v) is 2.48. The first-order valence-electron chi connectivity index (χ1n) is 4.14. The van der Waals surface area contributed by atoms with Crippen molar-refractivity contribution in [2.45, 2.75) is 32.2 Å². The fraction of sp³-hybridized carbons (Fsp3) is 1.00. The number of hydrogen-bond donors (Lipinski definition) is 0. The highest BCUT2D eigenvalue weighted by Gasteiger charge is 2.16. The lowest BCUT2D eigenvalue weighted by molar-refractivity contribution is 0.171. The highest BCUT2D eigenvalue weighted by atomic mass is 35.5. The van der Waals surface area contributed by atoms with E-state index in [4.69, 9.17) is 11.6 Å². The third kappa shape index (κ3) is 2.14. The van der Waals surface area contributed by atoms with Crippen LogP contribution < -0.4 is 0 Å². The lowest BCUT2D eigenvalue weighted by Gasteiger charge is -2.32. The summed E-state index contributed by atoms with van der Waals surface area (Å²) in [6, 6.07) is 0.771. The van der Waals surface area contributed by atoms with E-state index in [0.717, 1.165) is 18.5 Å². The van der Waals surface area contributed by atoms with Crippen LogP contribution in [0.3, 0.4) is 0 Å². The lowest BCUT2D eigenvalue weighted by atomic mass is 10.0.